The molecule has 0 aromatic carbocycles. The van der Waals surface area contributed by atoms with Gasteiger partial charge in [0, 0.05) is 19.3 Å². The maximum absolute atomic E-state index is 12.9. The molecule has 0 radical (unpaired) electrons. The Balaban J connectivity index is 4.06. The minimum atomic E-state index is -0.779. The molecule has 0 bridgehead atoms. The van der Waals surface area contributed by atoms with Crippen LogP contribution in [0.4, 0.5) is 0 Å². The van der Waals surface area contributed by atoms with Crippen molar-refractivity contribution in [2.45, 2.75) is 354 Å². The first-order chi connectivity index (χ1) is 39.5. The molecule has 0 saturated heterocycles. The monoisotopic (exact) mass is 1110 g/mol. The highest BCUT2D eigenvalue weighted by Gasteiger charge is 2.19. The van der Waals surface area contributed by atoms with E-state index >= 15 is 0 Å². The van der Waals surface area contributed by atoms with Crippen LogP contribution in [0.1, 0.15) is 348 Å². The number of allylic oxidation sites excluding steroid dienone is 14. The van der Waals surface area contributed by atoms with Crippen LogP contribution in [0.3, 0.4) is 0 Å². The van der Waals surface area contributed by atoms with Crippen LogP contribution in [0.5, 0.6) is 0 Å². The van der Waals surface area contributed by atoms with Gasteiger partial charge in [-0.15, -0.1) is 0 Å². The fraction of sp³-hybridized carbons (Fsp3) is 0.770. The van der Waals surface area contributed by atoms with E-state index in [2.05, 4.69) is 106 Å². The van der Waals surface area contributed by atoms with Gasteiger partial charge in [0.15, 0.2) is 6.10 Å². The normalized spacial score (nSPS) is 12.6. The second-order valence-electron chi connectivity index (χ2n) is 23.1. The van der Waals surface area contributed by atoms with Crippen molar-refractivity contribution in [1.29, 1.82) is 0 Å². The minimum absolute atomic E-state index is 0.0763. The van der Waals surface area contributed by atoms with Crippen molar-refractivity contribution in [2.75, 3.05) is 13.2 Å². The molecular weight excluding hydrogens is 985 g/mol. The fourth-order valence-electron chi connectivity index (χ4n) is 9.94. The lowest BCUT2D eigenvalue weighted by molar-refractivity contribution is -0.167. The minimum Gasteiger partial charge on any atom is -0.462 e. The Hall–Kier alpha value is -3.41. The number of hydrogen-bond donors (Lipinski definition) is 0. The first-order valence-electron chi connectivity index (χ1n) is 34.6. The molecule has 462 valence electrons. The largest absolute Gasteiger partial charge is 0.462 e. The fourth-order valence-corrected chi connectivity index (χ4v) is 9.94. The molecule has 0 aliphatic heterocycles. The first-order valence-corrected chi connectivity index (χ1v) is 34.6. The zero-order chi connectivity index (χ0) is 57.8. The Labute approximate surface area is 496 Å². The average Bonchev–Trinajstić information content (AvgIpc) is 3.46. The lowest BCUT2D eigenvalue weighted by Crippen LogP contribution is -2.30. The van der Waals surface area contributed by atoms with Gasteiger partial charge >= 0.3 is 17.9 Å². The quantitative estimate of drug-likeness (QED) is 0.0261. The third-order valence-electron chi connectivity index (χ3n) is 15.1. The average molecular weight is 1120 g/mol. The Kier molecular flexibility index (Phi) is 65.2. The highest BCUT2D eigenvalue weighted by Crippen LogP contribution is 2.17. The lowest BCUT2D eigenvalue weighted by atomic mass is 10.0. The van der Waals surface area contributed by atoms with Gasteiger partial charge in [-0.05, 0) is 109 Å². The molecule has 0 saturated carbocycles. The molecular formula is C74H130O6. The number of esters is 3. The van der Waals surface area contributed by atoms with Crippen LogP contribution in [0.25, 0.3) is 0 Å². The van der Waals surface area contributed by atoms with Gasteiger partial charge in [-0.25, -0.2) is 0 Å². The summed E-state index contributed by atoms with van der Waals surface area (Å²) in [5.74, 6) is -0.875. The molecule has 0 amide bonds. The van der Waals surface area contributed by atoms with E-state index in [-0.39, 0.29) is 31.1 Å². The molecule has 0 fully saturated rings. The molecule has 6 heteroatoms. The number of carbonyl (C=O) groups excluding carboxylic acids is 3. The zero-order valence-corrected chi connectivity index (χ0v) is 53.1. The molecule has 0 aromatic heterocycles. The Bertz CT molecular complexity index is 1520. The second kappa shape index (κ2) is 68.1. The van der Waals surface area contributed by atoms with Crippen molar-refractivity contribution in [3.05, 3.63) is 85.1 Å². The highest BCUT2D eigenvalue weighted by atomic mass is 16.6. The number of hydrogen-bond acceptors (Lipinski definition) is 6. The van der Waals surface area contributed by atoms with Crippen molar-refractivity contribution in [2.24, 2.45) is 0 Å². The molecule has 1 unspecified atom stereocenters. The Morgan fingerprint density at radius 1 is 0.263 bits per heavy atom. The van der Waals surface area contributed by atoms with Gasteiger partial charge in [0.25, 0.3) is 0 Å². The highest BCUT2D eigenvalue weighted by molar-refractivity contribution is 5.71. The zero-order valence-electron chi connectivity index (χ0n) is 53.1. The summed E-state index contributed by atoms with van der Waals surface area (Å²) in [6.45, 7) is 6.49. The second-order valence-corrected chi connectivity index (χ2v) is 23.1. The van der Waals surface area contributed by atoms with Gasteiger partial charge in [-0.3, -0.25) is 14.4 Å². The van der Waals surface area contributed by atoms with Crippen LogP contribution >= 0.6 is 0 Å². The summed E-state index contributed by atoms with van der Waals surface area (Å²) >= 11 is 0. The van der Waals surface area contributed by atoms with E-state index in [0.29, 0.717) is 19.3 Å². The summed E-state index contributed by atoms with van der Waals surface area (Å²) in [5, 5.41) is 0. The summed E-state index contributed by atoms with van der Waals surface area (Å²) in [6.07, 6.45) is 90.6. The van der Waals surface area contributed by atoms with Crippen molar-refractivity contribution < 1.29 is 28.6 Å². The smallest absolute Gasteiger partial charge is 0.306 e. The summed E-state index contributed by atoms with van der Waals surface area (Å²) < 4.78 is 16.9. The van der Waals surface area contributed by atoms with E-state index in [1.54, 1.807) is 0 Å². The number of rotatable bonds is 63. The van der Waals surface area contributed by atoms with Gasteiger partial charge in [0.05, 0.1) is 0 Å². The van der Waals surface area contributed by atoms with Gasteiger partial charge in [-0.1, -0.05) is 305 Å². The van der Waals surface area contributed by atoms with Crippen LogP contribution < -0.4 is 0 Å². The van der Waals surface area contributed by atoms with Crippen LogP contribution in [-0.4, -0.2) is 37.2 Å². The molecule has 80 heavy (non-hydrogen) atoms. The summed E-state index contributed by atoms with van der Waals surface area (Å²) in [5.41, 5.74) is 0. The van der Waals surface area contributed by atoms with Gasteiger partial charge in [0.1, 0.15) is 13.2 Å². The van der Waals surface area contributed by atoms with E-state index in [9.17, 15) is 14.4 Å². The SMILES string of the molecule is CC/C=C\C/C=C\C/C=C\C/C=C\C/C=C\CCCCCCCCCCCCCCCCCCCCCC(=O)OCC(COC(=O)CCCCCCC/C=C\CCC)OC(=O)CCCCCCCCC/C=C\CCCCCCCC. The van der Waals surface area contributed by atoms with Gasteiger partial charge in [0.2, 0.25) is 0 Å². The summed E-state index contributed by atoms with van der Waals surface area (Å²) in [7, 11) is 0. The van der Waals surface area contributed by atoms with Gasteiger partial charge < -0.3 is 14.2 Å². The standard InChI is InChI=1S/C74H130O6/c1-4-7-10-13-16-19-22-24-26-28-29-30-31-32-33-34-35-36-37-38-39-40-41-42-43-44-45-47-48-50-52-55-58-61-64-67-73(76)79-70-71(69-78-72(75)66-63-60-57-54-21-18-15-12-9-6-3)80-74(77)68-65-62-59-56-53-51-49-46-27-25-23-20-17-14-11-8-5-2/h7,10,12,15-16,19,24-27,29-30,32-33,71H,4-6,8-9,11,13-14,17-18,20-23,28,31,34-70H2,1-3H3/b10-7-,15-12-,19-16-,26-24-,27-25-,30-29-,33-32-. The number of carbonyl (C=O) groups is 3. The maximum atomic E-state index is 12.9. The van der Waals surface area contributed by atoms with Crippen molar-refractivity contribution in [3.63, 3.8) is 0 Å². The van der Waals surface area contributed by atoms with Gasteiger partial charge in [-0.2, -0.15) is 0 Å². The van der Waals surface area contributed by atoms with Crippen LogP contribution in [0.15, 0.2) is 85.1 Å². The molecule has 0 aromatic rings. The van der Waals surface area contributed by atoms with Crippen molar-refractivity contribution >= 4 is 17.9 Å². The van der Waals surface area contributed by atoms with E-state index < -0.39 is 6.10 Å². The molecule has 0 spiro atoms. The van der Waals surface area contributed by atoms with E-state index in [1.165, 1.54) is 205 Å². The van der Waals surface area contributed by atoms with Crippen LogP contribution in [-0.2, 0) is 28.6 Å². The van der Waals surface area contributed by atoms with E-state index in [4.69, 9.17) is 14.2 Å². The van der Waals surface area contributed by atoms with E-state index in [0.717, 1.165) is 103 Å². The topological polar surface area (TPSA) is 78.9 Å². The number of unbranched alkanes of at least 4 members (excludes halogenated alkanes) is 38. The third-order valence-corrected chi connectivity index (χ3v) is 15.1. The van der Waals surface area contributed by atoms with Crippen LogP contribution in [0.2, 0.25) is 0 Å². The summed E-state index contributed by atoms with van der Waals surface area (Å²) in [4.78, 5) is 38.2. The van der Waals surface area contributed by atoms with Crippen molar-refractivity contribution in [3.8, 4) is 0 Å². The third kappa shape index (κ3) is 65.4. The predicted molar refractivity (Wildman–Crippen MR) is 348 cm³/mol. The summed E-state index contributed by atoms with van der Waals surface area (Å²) in [6, 6.07) is 0. The molecule has 6 nitrogen and oxygen atoms in total. The molecule has 0 N–H and O–H groups in total. The van der Waals surface area contributed by atoms with Crippen LogP contribution in [0, 0.1) is 0 Å². The molecule has 0 heterocycles. The predicted octanol–water partition coefficient (Wildman–Crippen LogP) is 23.8. The molecule has 0 aliphatic carbocycles. The molecule has 0 rings (SSSR count). The maximum Gasteiger partial charge on any atom is 0.306 e. The Morgan fingerprint density at radius 2 is 0.512 bits per heavy atom. The molecule has 1 atom stereocenters. The van der Waals surface area contributed by atoms with E-state index in [1.807, 2.05) is 0 Å². The molecule has 0 aliphatic rings. The first kappa shape index (κ1) is 76.6. The Morgan fingerprint density at radius 3 is 0.825 bits per heavy atom. The number of ether oxygens (including phenoxy) is 3. The van der Waals surface area contributed by atoms with Crippen molar-refractivity contribution in [1.82, 2.24) is 0 Å². The lowest BCUT2D eigenvalue weighted by Gasteiger charge is -2.18.